The SMILES string of the molecule is COc1ccc(-n2cc(-c3ccc(Cl)cc3)nc2NC(=O)CN(Cc2ccco2)C(=O)c2ccc(Cl)cc2)cc1. The lowest BCUT2D eigenvalue weighted by Gasteiger charge is -2.21. The summed E-state index contributed by atoms with van der Waals surface area (Å²) >= 11 is 12.1. The molecule has 0 saturated heterocycles. The smallest absolute Gasteiger partial charge is 0.254 e. The highest BCUT2D eigenvalue weighted by atomic mass is 35.5. The van der Waals surface area contributed by atoms with Gasteiger partial charge >= 0.3 is 0 Å². The summed E-state index contributed by atoms with van der Waals surface area (Å²) in [6.45, 7) is -0.140. The van der Waals surface area contributed by atoms with Crippen molar-refractivity contribution in [2.75, 3.05) is 19.0 Å². The van der Waals surface area contributed by atoms with Crippen molar-refractivity contribution in [1.29, 1.82) is 0 Å². The summed E-state index contributed by atoms with van der Waals surface area (Å²) in [5, 5.41) is 3.99. The van der Waals surface area contributed by atoms with Crippen molar-refractivity contribution in [2.24, 2.45) is 0 Å². The predicted octanol–water partition coefficient (Wildman–Crippen LogP) is 6.73. The maximum absolute atomic E-state index is 13.4. The Morgan fingerprint density at radius 3 is 2.25 bits per heavy atom. The average molecular weight is 575 g/mol. The number of carbonyl (C=O) groups is 2. The molecule has 10 heteroatoms. The van der Waals surface area contributed by atoms with E-state index in [2.05, 4.69) is 10.3 Å². The van der Waals surface area contributed by atoms with Crippen LogP contribution in [0.3, 0.4) is 0 Å². The van der Waals surface area contributed by atoms with E-state index in [0.29, 0.717) is 32.8 Å². The van der Waals surface area contributed by atoms with Crippen molar-refractivity contribution >= 4 is 41.0 Å². The van der Waals surface area contributed by atoms with E-state index in [4.69, 9.17) is 32.4 Å². The molecule has 2 amide bonds. The molecule has 0 fully saturated rings. The molecule has 2 aromatic heterocycles. The fraction of sp³-hybridized carbons (Fsp3) is 0.100. The number of aromatic nitrogens is 2. The standard InChI is InChI=1S/C30H24Cl2N4O4/c1-39-25-14-12-24(13-15-25)36-18-27(20-4-8-22(31)9-5-20)33-30(36)34-28(37)19-35(17-26-3-2-16-40-26)29(38)21-6-10-23(32)11-7-21/h2-16,18H,17,19H2,1H3,(H,33,34,37). The van der Waals surface area contributed by atoms with Crippen LogP contribution >= 0.6 is 23.2 Å². The molecule has 0 aliphatic carbocycles. The normalized spacial score (nSPS) is 10.8. The Kier molecular flexibility index (Phi) is 8.19. The molecular weight excluding hydrogens is 551 g/mol. The highest BCUT2D eigenvalue weighted by molar-refractivity contribution is 6.31. The van der Waals surface area contributed by atoms with Gasteiger partial charge in [-0.3, -0.25) is 19.5 Å². The second-order valence-corrected chi connectivity index (χ2v) is 9.69. The number of hydrogen-bond acceptors (Lipinski definition) is 5. The fourth-order valence-corrected chi connectivity index (χ4v) is 4.32. The van der Waals surface area contributed by atoms with Crippen molar-refractivity contribution in [3.8, 4) is 22.7 Å². The maximum Gasteiger partial charge on any atom is 0.254 e. The van der Waals surface area contributed by atoms with E-state index in [1.807, 2.05) is 42.6 Å². The van der Waals surface area contributed by atoms with Gasteiger partial charge in [-0.25, -0.2) is 4.98 Å². The Morgan fingerprint density at radius 1 is 0.950 bits per heavy atom. The van der Waals surface area contributed by atoms with Gasteiger partial charge in [0.25, 0.3) is 5.91 Å². The first-order valence-corrected chi connectivity index (χ1v) is 13.0. The molecule has 0 radical (unpaired) electrons. The molecule has 2 heterocycles. The zero-order valence-corrected chi connectivity index (χ0v) is 22.9. The van der Waals surface area contributed by atoms with Crippen molar-refractivity contribution < 1.29 is 18.7 Å². The van der Waals surface area contributed by atoms with Gasteiger partial charge in [-0.15, -0.1) is 0 Å². The first kappa shape index (κ1) is 27.1. The van der Waals surface area contributed by atoms with E-state index in [1.165, 1.54) is 11.2 Å². The van der Waals surface area contributed by atoms with Crippen molar-refractivity contribution in [3.63, 3.8) is 0 Å². The second kappa shape index (κ2) is 12.1. The molecule has 0 saturated carbocycles. The molecule has 1 N–H and O–H groups in total. The number of imidazole rings is 1. The van der Waals surface area contributed by atoms with Gasteiger partial charge in [0, 0.05) is 33.1 Å². The van der Waals surface area contributed by atoms with E-state index < -0.39 is 5.91 Å². The number of nitrogens with one attached hydrogen (secondary N) is 1. The number of amides is 2. The number of furan rings is 1. The summed E-state index contributed by atoms with van der Waals surface area (Å²) < 4.78 is 12.5. The summed E-state index contributed by atoms with van der Waals surface area (Å²) in [4.78, 5) is 32.8. The van der Waals surface area contributed by atoms with Crippen molar-refractivity contribution in [3.05, 3.63) is 119 Å². The summed E-state index contributed by atoms with van der Waals surface area (Å²) in [5.74, 6) is 0.749. The molecule has 202 valence electrons. The van der Waals surface area contributed by atoms with Crippen LogP contribution in [0.1, 0.15) is 16.1 Å². The fourth-order valence-electron chi connectivity index (χ4n) is 4.07. The molecule has 0 atom stereocenters. The van der Waals surface area contributed by atoms with Crippen LogP contribution in [0.2, 0.25) is 10.0 Å². The number of anilines is 1. The van der Waals surface area contributed by atoms with Crippen LogP contribution in [0.5, 0.6) is 5.75 Å². The first-order chi connectivity index (χ1) is 19.4. The summed E-state index contributed by atoms with van der Waals surface area (Å²) in [5.41, 5.74) is 2.61. The zero-order chi connectivity index (χ0) is 28.1. The first-order valence-electron chi connectivity index (χ1n) is 12.3. The number of benzene rings is 3. The number of nitrogens with zero attached hydrogens (tertiary/aromatic N) is 3. The lowest BCUT2D eigenvalue weighted by Crippen LogP contribution is -2.37. The van der Waals surface area contributed by atoms with Gasteiger partial charge in [-0.05, 0) is 72.8 Å². The third-order valence-corrected chi connectivity index (χ3v) is 6.59. The van der Waals surface area contributed by atoms with Crippen LogP contribution in [0, 0.1) is 0 Å². The highest BCUT2D eigenvalue weighted by Gasteiger charge is 2.22. The minimum Gasteiger partial charge on any atom is -0.497 e. The van der Waals surface area contributed by atoms with Crippen LogP contribution in [-0.2, 0) is 11.3 Å². The molecule has 40 heavy (non-hydrogen) atoms. The lowest BCUT2D eigenvalue weighted by molar-refractivity contribution is -0.117. The molecular formula is C30H24Cl2N4O4. The van der Waals surface area contributed by atoms with Crippen molar-refractivity contribution in [1.82, 2.24) is 14.5 Å². The number of halogens is 2. The maximum atomic E-state index is 13.4. The topological polar surface area (TPSA) is 89.6 Å². The molecule has 0 spiro atoms. The third kappa shape index (κ3) is 6.36. The van der Waals surface area contributed by atoms with E-state index in [0.717, 1.165) is 11.3 Å². The van der Waals surface area contributed by atoms with E-state index >= 15 is 0 Å². The highest BCUT2D eigenvalue weighted by Crippen LogP contribution is 2.27. The molecule has 5 aromatic rings. The van der Waals surface area contributed by atoms with Gasteiger partial charge in [-0.2, -0.15) is 0 Å². The van der Waals surface area contributed by atoms with Crippen LogP contribution in [0.15, 0.2) is 102 Å². The number of ether oxygens (including phenoxy) is 1. The van der Waals surface area contributed by atoms with Crippen LogP contribution in [0.25, 0.3) is 16.9 Å². The molecule has 0 bridgehead atoms. The van der Waals surface area contributed by atoms with Crippen molar-refractivity contribution in [2.45, 2.75) is 6.54 Å². The molecule has 5 rings (SSSR count). The lowest BCUT2D eigenvalue weighted by atomic mass is 10.2. The number of methoxy groups -OCH3 is 1. The zero-order valence-electron chi connectivity index (χ0n) is 21.4. The summed E-state index contributed by atoms with van der Waals surface area (Å²) in [6.07, 6.45) is 3.34. The molecule has 0 unspecified atom stereocenters. The van der Waals surface area contributed by atoms with Gasteiger partial charge < -0.3 is 14.1 Å². The molecule has 3 aromatic carbocycles. The van der Waals surface area contributed by atoms with Gasteiger partial charge in [0.2, 0.25) is 11.9 Å². The Morgan fingerprint density at radius 2 is 1.62 bits per heavy atom. The number of hydrogen-bond donors (Lipinski definition) is 1. The second-order valence-electron chi connectivity index (χ2n) is 8.82. The minimum atomic E-state index is -0.433. The Hall–Kier alpha value is -4.53. The summed E-state index contributed by atoms with van der Waals surface area (Å²) in [7, 11) is 1.59. The Bertz CT molecular complexity index is 1600. The average Bonchev–Trinajstić information content (AvgIpc) is 3.63. The quantitative estimate of drug-likeness (QED) is 0.211. The van der Waals surface area contributed by atoms with E-state index in [9.17, 15) is 9.59 Å². The minimum absolute atomic E-state index is 0.102. The Labute approximate surface area is 240 Å². The van der Waals surface area contributed by atoms with Crippen LogP contribution in [-0.4, -0.2) is 39.9 Å². The molecule has 0 aliphatic rings. The number of rotatable bonds is 9. The van der Waals surface area contributed by atoms with Crippen LogP contribution < -0.4 is 10.1 Å². The monoisotopic (exact) mass is 574 g/mol. The largest absolute Gasteiger partial charge is 0.497 e. The van der Waals surface area contributed by atoms with Gasteiger partial charge in [0.1, 0.15) is 18.1 Å². The van der Waals surface area contributed by atoms with Crippen LogP contribution in [0.4, 0.5) is 5.95 Å². The third-order valence-electron chi connectivity index (χ3n) is 6.09. The summed E-state index contributed by atoms with van der Waals surface area (Å²) in [6, 6.07) is 24.6. The Balaban J connectivity index is 1.43. The van der Waals surface area contributed by atoms with E-state index in [-0.39, 0.29) is 24.9 Å². The van der Waals surface area contributed by atoms with Gasteiger partial charge in [0.05, 0.1) is 25.6 Å². The van der Waals surface area contributed by atoms with E-state index in [1.54, 1.807) is 60.2 Å². The number of carbonyl (C=O) groups excluding carboxylic acids is 2. The molecule has 0 aliphatic heterocycles. The van der Waals surface area contributed by atoms with Gasteiger partial charge in [-0.1, -0.05) is 35.3 Å². The van der Waals surface area contributed by atoms with Gasteiger partial charge in [0.15, 0.2) is 0 Å². The molecule has 8 nitrogen and oxygen atoms in total. The predicted molar refractivity (Wildman–Crippen MR) is 154 cm³/mol.